The monoisotopic (exact) mass is 268 g/mol. The molecule has 18 heavy (non-hydrogen) atoms. The van der Waals surface area contributed by atoms with Gasteiger partial charge in [-0.3, -0.25) is 4.18 Å². The maximum absolute atomic E-state index is 12.1. The Morgan fingerprint density at radius 2 is 1.89 bits per heavy atom. The van der Waals surface area contributed by atoms with Crippen molar-refractivity contribution in [2.24, 2.45) is 0 Å². The Bertz CT molecular complexity index is 485. The molecule has 1 unspecified atom stereocenters. The molecule has 0 radical (unpaired) electrons. The maximum Gasteiger partial charge on any atom is 0.274 e. The molecule has 0 saturated heterocycles. The zero-order valence-corrected chi connectivity index (χ0v) is 11.9. The fourth-order valence-electron chi connectivity index (χ4n) is 1.68. The van der Waals surface area contributed by atoms with Crippen LogP contribution >= 0.6 is 0 Å². The van der Waals surface area contributed by atoms with E-state index in [-0.39, 0.29) is 6.61 Å². The third-order valence-corrected chi connectivity index (χ3v) is 4.27. The molecule has 1 aromatic carbocycles. The second-order valence-electron chi connectivity index (χ2n) is 4.32. The summed E-state index contributed by atoms with van der Waals surface area (Å²) in [5.74, 6) is 0. The average molecular weight is 268 g/mol. The molecule has 0 bridgehead atoms. The second-order valence-corrected chi connectivity index (χ2v) is 6.11. The Kier molecular flexibility index (Phi) is 5.56. The first-order chi connectivity index (χ1) is 8.47. The zero-order valence-electron chi connectivity index (χ0n) is 11.1. The Morgan fingerprint density at radius 1 is 1.28 bits per heavy atom. The van der Waals surface area contributed by atoms with Crippen molar-refractivity contribution in [1.29, 1.82) is 0 Å². The molecular weight excluding hydrogens is 248 g/mol. The molecule has 100 valence electrons. The molecule has 0 aliphatic heterocycles. The van der Waals surface area contributed by atoms with Gasteiger partial charge < -0.3 is 0 Å². The van der Waals surface area contributed by atoms with Gasteiger partial charge in [-0.2, -0.15) is 8.42 Å². The molecule has 1 rings (SSSR count). The number of rotatable bonds is 6. The maximum atomic E-state index is 12.1. The van der Waals surface area contributed by atoms with E-state index in [1.807, 2.05) is 50.3 Å². The van der Waals surface area contributed by atoms with Gasteiger partial charge in [0.15, 0.2) is 0 Å². The lowest BCUT2D eigenvalue weighted by Gasteiger charge is -2.16. The van der Waals surface area contributed by atoms with Gasteiger partial charge in [0.05, 0.1) is 6.61 Å². The van der Waals surface area contributed by atoms with Gasteiger partial charge in [-0.05, 0) is 32.8 Å². The van der Waals surface area contributed by atoms with Crippen LogP contribution < -0.4 is 0 Å². The predicted octanol–water partition coefficient (Wildman–Crippen LogP) is 3.45. The summed E-state index contributed by atoms with van der Waals surface area (Å²) >= 11 is 0. The summed E-state index contributed by atoms with van der Waals surface area (Å²) in [6.07, 6.45) is 2.36. The van der Waals surface area contributed by atoms with E-state index in [0.717, 1.165) is 11.1 Å². The third-order valence-electron chi connectivity index (χ3n) is 2.54. The van der Waals surface area contributed by atoms with E-state index < -0.39 is 15.4 Å². The highest BCUT2D eigenvalue weighted by atomic mass is 32.2. The number of hydrogen-bond donors (Lipinski definition) is 0. The van der Waals surface area contributed by atoms with Crippen LogP contribution in [0.4, 0.5) is 0 Å². The van der Waals surface area contributed by atoms with E-state index in [1.54, 1.807) is 6.92 Å². The second kappa shape index (κ2) is 6.71. The minimum atomic E-state index is -3.57. The van der Waals surface area contributed by atoms with Crippen molar-refractivity contribution in [3.63, 3.8) is 0 Å². The fraction of sp³-hybridized carbons (Fsp3) is 0.429. The van der Waals surface area contributed by atoms with Gasteiger partial charge in [0.1, 0.15) is 5.25 Å². The van der Waals surface area contributed by atoms with Crippen LogP contribution in [0, 0.1) is 0 Å². The van der Waals surface area contributed by atoms with Crippen molar-refractivity contribution in [1.82, 2.24) is 0 Å². The Hall–Kier alpha value is -1.13. The minimum Gasteiger partial charge on any atom is -0.270 e. The lowest BCUT2D eigenvalue weighted by Crippen LogP contribution is -2.16. The van der Waals surface area contributed by atoms with Crippen LogP contribution in [0.25, 0.3) is 0 Å². The van der Waals surface area contributed by atoms with Crippen molar-refractivity contribution in [3.8, 4) is 0 Å². The minimum absolute atomic E-state index is 0.167. The highest BCUT2D eigenvalue weighted by Crippen LogP contribution is 2.28. The van der Waals surface area contributed by atoms with Gasteiger partial charge >= 0.3 is 0 Å². The molecule has 0 aliphatic carbocycles. The fourth-order valence-corrected chi connectivity index (χ4v) is 2.99. The standard InChI is InChI=1S/C14H20O3S/c1-4-17-18(15,16)14(11-10-12(2)3)13-8-6-5-7-9-13/h5-10,14H,4,11H2,1-3H3. The first kappa shape index (κ1) is 14.9. The zero-order chi connectivity index (χ0) is 13.6. The SMILES string of the molecule is CCOS(=O)(=O)C(CC=C(C)C)c1ccccc1. The first-order valence-electron chi connectivity index (χ1n) is 6.04. The van der Waals surface area contributed by atoms with Gasteiger partial charge in [0.25, 0.3) is 10.1 Å². The molecule has 1 atom stereocenters. The van der Waals surface area contributed by atoms with E-state index in [4.69, 9.17) is 4.18 Å². The lowest BCUT2D eigenvalue weighted by molar-refractivity contribution is 0.331. The molecule has 0 heterocycles. The molecule has 0 amide bonds. The van der Waals surface area contributed by atoms with Gasteiger partial charge in [-0.15, -0.1) is 0 Å². The summed E-state index contributed by atoms with van der Waals surface area (Å²) in [6, 6.07) is 9.19. The molecule has 0 aliphatic rings. The number of hydrogen-bond acceptors (Lipinski definition) is 3. The smallest absolute Gasteiger partial charge is 0.270 e. The molecule has 3 nitrogen and oxygen atoms in total. The first-order valence-corrected chi connectivity index (χ1v) is 7.51. The summed E-state index contributed by atoms with van der Waals surface area (Å²) in [6.45, 7) is 5.76. The van der Waals surface area contributed by atoms with Crippen molar-refractivity contribution >= 4 is 10.1 Å². The van der Waals surface area contributed by atoms with E-state index in [1.165, 1.54) is 0 Å². The third kappa shape index (κ3) is 4.27. The molecule has 0 saturated carbocycles. The largest absolute Gasteiger partial charge is 0.274 e. The number of allylic oxidation sites excluding steroid dienone is 2. The molecular formula is C14H20O3S. The summed E-state index contributed by atoms with van der Waals surface area (Å²) in [5, 5.41) is -0.631. The summed E-state index contributed by atoms with van der Waals surface area (Å²) in [7, 11) is -3.57. The topological polar surface area (TPSA) is 43.4 Å². The summed E-state index contributed by atoms with van der Waals surface area (Å²) in [5.41, 5.74) is 1.87. The summed E-state index contributed by atoms with van der Waals surface area (Å²) < 4.78 is 29.1. The molecule has 4 heteroatoms. The van der Waals surface area contributed by atoms with E-state index in [9.17, 15) is 8.42 Å². The Morgan fingerprint density at radius 3 is 2.39 bits per heavy atom. The van der Waals surface area contributed by atoms with Gasteiger partial charge in [-0.25, -0.2) is 0 Å². The van der Waals surface area contributed by atoms with Gasteiger partial charge in [0, 0.05) is 0 Å². The van der Waals surface area contributed by atoms with E-state index in [0.29, 0.717) is 6.42 Å². The van der Waals surface area contributed by atoms with Gasteiger partial charge in [0.2, 0.25) is 0 Å². The van der Waals surface area contributed by atoms with Crippen LogP contribution in [0.2, 0.25) is 0 Å². The Labute approximate surface area is 110 Å². The normalized spacial score (nSPS) is 13.1. The van der Waals surface area contributed by atoms with Crippen LogP contribution in [0.15, 0.2) is 42.0 Å². The lowest BCUT2D eigenvalue weighted by atomic mass is 10.1. The Balaban J connectivity index is 3.07. The highest BCUT2D eigenvalue weighted by molar-refractivity contribution is 7.87. The molecule has 0 spiro atoms. The van der Waals surface area contributed by atoms with Crippen LogP contribution in [-0.2, 0) is 14.3 Å². The van der Waals surface area contributed by atoms with Crippen molar-refractivity contribution in [2.45, 2.75) is 32.4 Å². The van der Waals surface area contributed by atoms with Crippen molar-refractivity contribution in [3.05, 3.63) is 47.5 Å². The van der Waals surface area contributed by atoms with Crippen LogP contribution in [0.3, 0.4) is 0 Å². The van der Waals surface area contributed by atoms with Crippen LogP contribution in [0.5, 0.6) is 0 Å². The van der Waals surface area contributed by atoms with E-state index >= 15 is 0 Å². The van der Waals surface area contributed by atoms with Crippen LogP contribution in [-0.4, -0.2) is 15.0 Å². The van der Waals surface area contributed by atoms with Crippen molar-refractivity contribution in [2.75, 3.05) is 6.61 Å². The molecule has 1 aromatic rings. The van der Waals surface area contributed by atoms with Gasteiger partial charge in [-0.1, -0.05) is 42.0 Å². The molecule has 0 N–H and O–H groups in total. The quantitative estimate of drug-likeness (QED) is 0.586. The van der Waals surface area contributed by atoms with Crippen LogP contribution in [0.1, 0.15) is 38.0 Å². The molecule has 0 fully saturated rings. The highest BCUT2D eigenvalue weighted by Gasteiger charge is 2.26. The van der Waals surface area contributed by atoms with E-state index in [2.05, 4.69) is 0 Å². The van der Waals surface area contributed by atoms with Crippen molar-refractivity contribution < 1.29 is 12.6 Å². The predicted molar refractivity (Wildman–Crippen MR) is 73.8 cm³/mol. The number of benzene rings is 1. The molecule has 0 aromatic heterocycles. The summed E-state index contributed by atoms with van der Waals surface area (Å²) in [4.78, 5) is 0. The average Bonchev–Trinajstić information content (AvgIpc) is 2.29.